The molecule has 6 nitrogen and oxygen atoms in total. The molecule has 0 atom stereocenters. The number of aromatic nitrogens is 3. The number of nitrogens with zero attached hydrogens (tertiary/aromatic N) is 3. The Balaban J connectivity index is 1.52. The van der Waals surface area contributed by atoms with Gasteiger partial charge in [0.05, 0.1) is 23.7 Å². The van der Waals surface area contributed by atoms with Crippen LogP contribution in [0.1, 0.15) is 5.56 Å². The van der Waals surface area contributed by atoms with Crippen molar-refractivity contribution < 1.29 is 9.32 Å². The fourth-order valence-corrected chi connectivity index (χ4v) is 2.96. The molecule has 2 aromatic heterocycles. The van der Waals surface area contributed by atoms with Crippen LogP contribution in [-0.4, -0.2) is 20.6 Å². The van der Waals surface area contributed by atoms with Crippen molar-refractivity contribution in [2.75, 3.05) is 5.32 Å². The van der Waals surface area contributed by atoms with Gasteiger partial charge in [0.15, 0.2) is 0 Å². The van der Waals surface area contributed by atoms with Gasteiger partial charge in [0.1, 0.15) is 6.33 Å². The number of benzene rings is 2. The molecule has 0 fully saturated rings. The van der Waals surface area contributed by atoms with Crippen molar-refractivity contribution in [1.82, 2.24) is 14.7 Å². The van der Waals surface area contributed by atoms with Crippen molar-refractivity contribution in [3.8, 4) is 5.69 Å². The summed E-state index contributed by atoms with van der Waals surface area (Å²) in [4.78, 5) is 16.4. The molecule has 4 aromatic rings. The number of amides is 1. The molecular formula is C18H13BrN4O2. The van der Waals surface area contributed by atoms with E-state index in [2.05, 4.69) is 31.4 Å². The molecule has 0 unspecified atom stereocenters. The van der Waals surface area contributed by atoms with Gasteiger partial charge in [-0.3, -0.25) is 14.7 Å². The largest absolute Gasteiger partial charge is 0.338 e. The normalized spacial score (nSPS) is 10.9. The number of hydrogen-bond donors (Lipinski definition) is 1. The third kappa shape index (κ3) is 3.32. The molecule has 1 N–H and O–H groups in total. The van der Waals surface area contributed by atoms with Crippen molar-refractivity contribution in [3.63, 3.8) is 0 Å². The van der Waals surface area contributed by atoms with E-state index in [0.29, 0.717) is 5.88 Å². The molecule has 0 aliphatic heterocycles. The first-order valence-electron chi connectivity index (χ1n) is 7.61. The Bertz CT molecular complexity index is 1020. The minimum absolute atomic E-state index is 0.151. The van der Waals surface area contributed by atoms with E-state index in [1.807, 2.05) is 47.0 Å². The Morgan fingerprint density at radius 3 is 2.76 bits per heavy atom. The van der Waals surface area contributed by atoms with Gasteiger partial charge in [-0.25, -0.2) is 4.98 Å². The van der Waals surface area contributed by atoms with Crippen LogP contribution in [0.4, 0.5) is 5.88 Å². The lowest BCUT2D eigenvalue weighted by molar-refractivity contribution is -0.115. The Kier molecular flexibility index (Phi) is 4.07. The van der Waals surface area contributed by atoms with Gasteiger partial charge >= 0.3 is 0 Å². The summed E-state index contributed by atoms with van der Waals surface area (Å²) in [5.74, 6) is 0.195. The first kappa shape index (κ1) is 15.6. The van der Waals surface area contributed by atoms with Gasteiger partial charge in [0.2, 0.25) is 11.8 Å². The number of fused-ring (bicyclic) bond motifs is 1. The lowest BCUT2D eigenvalue weighted by Crippen LogP contribution is -2.13. The summed E-state index contributed by atoms with van der Waals surface area (Å²) in [5.41, 5.74) is 3.85. The predicted octanol–water partition coefficient (Wildman–Crippen LogP) is 3.96. The fraction of sp³-hybridized carbons (Fsp3) is 0.0556. The summed E-state index contributed by atoms with van der Waals surface area (Å²) in [7, 11) is 0. The molecule has 2 aromatic carbocycles. The second-order valence-electron chi connectivity index (χ2n) is 5.52. The van der Waals surface area contributed by atoms with Crippen LogP contribution in [0.5, 0.6) is 0 Å². The maximum absolute atomic E-state index is 12.0. The summed E-state index contributed by atoms with van der Waals surface area (Å²) in [5, 5.41) is 6.21. The molecular weight excluding hydrogens is 384 g/mol. The number of carbonyl (C=O) groups is 1. The summed E-state index contributed by atoms with van der Waals surface area (Å²) < 4.78 is 7.88. The van der Waals surface area contributed by atoms with Gasteiger partial charge < -0.3 is 4.52 Å². The van der Waals surface area contributed by atoms with Crippen LogP contribution in [0.3, 0.4) is 0 Å². The lowest BCUT2D eigenvalue weighted by Gasteiger charge is -2.06. The lowest BCUT2D eigenvalue weighted by atomic mass is 10.1. The number of nitrogens with one attached hydrogen (secondary N) is 1. The second-order valence-corrected chi connectivity index (χ2v) is 6.43. The van der Waals surface area contributed by atoms with Crippen molar-refractivity contribution in [1.29, 1.82) is 0 Å². The Labute approximate surface area is 151 Å². The van der Waals surface area contributed by atoms with Gasteiger partial charge in [0, 0.05) is 16.2 Å². The quantitative estimate of drug-likeness (QED) is 0.566. The van der Waals surface area contributed by atoms with E-state index < -0.39 is 0 Å². The maximum Gasteiger partial charge on any atom is 0.231 e. The number of carbonyl (C=O) groups excluding carboxylic acids is 1. The molecule has 0 saturated carbocycles. The van der Waals surface area contributed by atoms with Crippen LogP contribution in [-0.2, 0) is 11.2 Å². The number of anilines is 1. The second kappa shape index (κ2) is 6.52. The Hall–Kier alpha value is -2.93. The van der Waals surface area contributed by atoms with E-state index in [0.717, 1.165) is 26.8 Å². The van der Waals surface area contributed by atoms with E-state index in [1.165, 1.54) is 6.20 Å². The standard InChI is InChI=1S/C18H13BrN4O2/c19-13-3-6-16-15(10-13)20-11-23(16)14-4-1-12(2-5-14)9-17(24)22-18-7-8-21-25-18/h1-8,10-11H,9H2,(H,22,24). The van der Waals surface area contributed by atoms with E-state index in [4.69, 9.17) is 4.52 Å². The molecule has 0 saturated heterocycles. The van der Waals surface area contributed by atoms with Gasteiger partial charge in [0.25, 0.3) is 0 Å². The molecule has 2 heterocycles. The van der Waals surface area contributed by atoms with E-state index in [9.17, 15) is 4.79 Å². The zero-order valence-corrected chi connectivity index (χ0v) is 14.6. The van der Waals surface area contributed by atoms with E-state index in [1.54, 1.807) is 12.4 Å². The molecule has 124 valence electrons. The van der Waals surface area contributed by atoms with Crippen molar-refractivity contribution in [2.24, 2.45) is 0 Å². The first-order chi connectivity index (χ1) is 12.2. The highest BCUT2D eigenvalue weighted by atomic mass is 79.9. The van der Waals surface area contributed by atoms with Crippen LogP contribution in [0.25, 0.3) is 16.7 Å². The molecule has 0 aliphatic carbocycles. The summed E-state index contributed by atoms with van der Waals surface area (Å²) in [6.45, 7) is 0. The highest BCUT2D eigenvalue weighted by Crippen LogP contribution is 2.22. The van der Waals surface area contributed by atoms with Gasteiger partial charge in [-0.15, -0.1) is 0 Å². The van der Waals surface area contributed by atoms with Crippen molar-refractivity contribution in [2.45, 2.75) is 6.42 Å². The third-order valence-corrected chi connectivity index (χ3v) is 4.28. The van der Waals surface area contributed by atoms with Crippen molar-refractivity contribution >= 4 is 38.8 Å². The zero-order valence-electron chi connectivity index (χ0n) is 13.0. The molecule has 0 spiro atoms. The number of hydrogen-bond acceptors (Lipinski definition) is 4. The molecule has 4 rings (SSSR count). The molecule has 0 bridgehead atoms. The molecule has 0 radical (unpaired) electrons. The average molecular weight is 397 g/mol. The van der Waals surface area contributed by atoms with Crippen LogP contribution in [0.2, 0.25) is 0 Å². The molecule has 1 amide bonds. The minimum atomic E-state index is -0.151. The smallest absolute Gasteiger partial charge is 0.231 e. The van der Waals surface area contributed by atoms with Crippen LogP contribution < -0.4 is 5.32 Å². The Morgan fingerprint density at radius 1 is 1.16 bits per heavy atom. The van der Waals surface area contributed by atoms with Crippen LogP contribution >= 0.6 is 15.9 Å². The van der Waals surface area contributed by atoms with Crippen molar-refractivity contribution in [3.05, 3.63) is 71.1 Å². The first-order valence-corrected chi connectivity index (χ1v) is 8.41. The molecule has 0 aliphatic rings. The zero-order chi connectivity index (χ0) is 17.2. The summed E-state index contributed by atoms with van der Waals surface area (Å²) in [6, 6.07) is 15.4. The van der Waals surface area contributed by atoms with Gasteiger partial charge in [-0.2, -0.15) is 0 Å². The number of rotatable bonds is 4. The highest BCUT2D eigenvalue weighted by Gasteiger charge is 2.08. The topological polar surface area (TPSA) is 73.0 Å². The average Bonchev–Trinajstić information content (AvgIpc) is 3.24. The number of halogens is 1. The SMILES string of the molecule is O=C(Cc1ccc(-n2cnc3cc(Br)ccc32)cc1)Nc1ccno1. The summed E-state index contributed by atoms with van der Waals surface area (Å²) in [6.07, 6.45) is 3.54. The fourth-order valence-electron chi connectivity index (χ4n) is 2.61. The van der Waals surface area contributed by atoms with Gasteiger partial charge in [-0.1, -0.05) is 33.2 Å². The predicted molar refractivity (Wildman–Crippen MR) is 97.6 cm³/mol. The third-order valence-electron chi connectivity index (χ3n) is 3.79. The van der Waals surface area contributed by atoms with E-state index >= 15 is 0 Å². The van der Waals surface area contributed by atoms with Crippen LogP contribution in [0.15, 0.2) is 70.1 Å². The number of imidazole rings is 1. The highest BCUT2D eigenvalue weighted by molar-refractivity contribution is 9.10. The Morgan fingerprint density at radius 2 is 2.00 bits per heavy atom. The minimum Gasteiger partial charge on any atom is -0.338 e. The molecule has 7 heteroatoms. The van der Waals surface area contributed by atoms with E-state index in [-0.39, 0.29) is 12.3 Å². The molecule has 25 heavy (non-hydrogen) atoms. The van der Waals surface area contributed by atoms with Gasteiger partial charge in [-0.05, 0) is 35.9 Å². The maximum atomic E-state index is 12.0. The monoisotopic (exact) mass is 396 g/mol. The van der Waals surface area contributed by atoms with Crippen LogP contribution in [0, 0.1) is 0 Å². The summed E-state index contributed by atoms with van der Waals surface area (Å²) >= 11 is 3.45.